The zero-order valence-electron chi connectivity index (χ0n) is 15.5. The Bertz CT molecular complexity index is 907. The molecule has 2 aromatic heterocycles. The molecular formula is C20H23N3O2S. The second-order valence-corrected chi connectivity index (χ2v) is 8.80. The van der Waals surface area contributed by atoms with E-state index in [2.05, 4.69) is 35.6 Å². The lowest BCUT2D eigenvalue weighted by atomic mass is 9.75. The first-order chi connectivity index (χ1) is 12.4. The predicted molar refractivity (Wildman–Crippen MR) is 103 cm³/mol. The first kappa shape index (κ1) is 17.3. The Balaban J connectivity index is 1.81. The van der Waals surface area contributed by atoms with E-state index in [1.54, 1.807) is 17.7 Å². The van der Waals surface area contributed by atoms with E-state index in [0.717, 1.165) is 59.4 Å². The van der Waals surface area contributed by atoms with Gasteiger partial charge in [0.1, 0.15) is 10.7 Å². The third-order valence-electron chi connectivity index (χ3n) is 4.85. The van der Waals surface area contributed by atoms with Gasteiger partial charge in [0.2, 0.25) is 0 Å². The van der Waals surface area contributed by atoms with Crippen molar-refractivity contribution in [3.05, 3.63) is 34.2 Å². The molecule has 3 heterocycles. The summed E-state index contributed by atoms with van der Waals surface area (Å²) < 4.78 is 7.39. The van der Waals surface area contributed by atoms with Crippen LogP contribution >= 0.6 is 11.3 Å². The molecule has 0 radical (unpaired) electrons. The maximum absolute atomic E-state index is 12.7. The Morgan fingerprint density at radius 2 is 2.00 bits per heavy atom. The quantitative estimate of drug-likeness (QED) is 0.725. The zero-order valence-corrected chi connectivity index (χ0v) is 16.3. The molecule has 5 nitrogen and oxygen atoms in total. The summed E-state index contributed by atoms with van der Waals surface area (Å²) in [6.45, 7) is 7.44. The molecule has 0 unspecified atom stereocenters. The number of ether oxygens (including phenoxy) is 1. The third-order valence-corrected chi connectivity index (χ3v) is 6.19. The minimum atomic E-state index is -0.0190. The number of fused-ring (bicyclic) bond motifs is 1. The number of hydrogen-bond donors (Lipinski definition) is 0. The number of ketones is 1. The maximum Gasteiger partial charge on any atom is 0.173 e. The van der Waals surface area contributed by atoms with Crippen molar-refractivity contribution in [1.29, 1.82) is 0 Å². The number of carbonyl (C=O) groups excluding carboxylic acids is 1. The van der Waals surface area contributed by atoms with E-state index >= 15 is 0 Å². The van der Waals surface area contributed by atoms with Crippen LogP contribution in [0, 0.1) is 17.3 Å². The molecule has 0 aromatic carbocycles. The van der Waals surface area contributed by atoms with Gasteiger partial charge in [-0.1, -0.05) is 19.8 Å². The van der Waals surface area contributed by atoms with Crippen molar-refractivity contribution < 1.29 is 9.53 Å². The fourth-order valence-electron chi connectivity index (χ4n) is 3.62. The smallest absolute Gasteiger partial charge is 0.173 e. The monoisotopic (exact) mass is 369 g/mol. The molecule has 2 aliphatic rings. The normalized spacial score (nSPS) is 19.0. The van der Waals surface area contributed by atoms with E-state index in [4.69, 9.17) is 4.74 Å². The van der Waals surface area contributed by atoms with Crippen molar-refractivity contribution in [3.8, 4) is 11.8 Å². The largest absolute Gasteiger partial charge is 0.378 e. The van der Waals surface area contributed by atoms with Gasteiger partial charge in [-0.25, -0.2) is 4.98 Å². The summed E-state index contributed by atoms with van der Waals surface area (Å²) in [6, 6.07) is 0. The summed E-state index contributed by atoms with van der Waals surface area (Å²) in [6.07, 6.45) is 5.16. The maximum atomic E-state index is 12.7. The molecule has 0 atom stereocenters. The number of aryl methyl sites for hydroxylation is 1. The Kier molecular flexibility index (Phi) is 4.37. The van der Waals surface area contributed by atoms with E-state index in [-0.39, 0.29) is 11.2 Å². The lowest BCUT2D eigenvalue weighted by Gasteiger charge is -2.29. The minimum absolute atomic E-state index is 0.0190. The molecule has 1 aliphatic heterocycles. The second kappa shape index (κ2) is 6.57. The highest BCUT2D eigenvalue weighted by Gasteiger charge is 2.36. The number of thiophene rings is 1. The van der Waals surface area contributed by atoms with Crippen LogP contribution in [0.5, 0.6) is 0 Å². The van der Waals surface area contributed by atoms with Crippen molar-refractivity contribution in [3.63, 3.8) is 0 Å². The molecule has 0 spiro atoms. The fraction of sp³-hybridized carbons (Fsp3) is 0.500. The van der Waals surface area contributed by atoms with Crippen LogP contribution in [0.15, 0.2) is 12.5 Å². The van der Waals surface area contributed by atoms with Crippen molar-refractivity contribution in [1.82, 2.24) is 9.55 Å². The summed E-state index contributed by atoms with van der Waals surface area (Å²) >= 11 is 1.61. The predicted octanol–water partition coefficient (Wildman–Crippen LogP) is 2.87. The molecule has 26 heavy (non-hydrogen) atoms. The molecule has 0 bridgehead atoms. The molecule has 1 saturated heterocycles. The molecule has 1 aliphatic carbocycles. The highest BCUT2D eigenvalue weighted by atomic mass is 32.1. The van der Waals surface area contributed by atoms with Crippen LogP contribution in [0.3, 0.4) is 0 Å². The van der Waals surface area contributed by atoms with E-state index in [9.17, 15) is 4.79 Å². The molecule has 1 fully saturated rings. The number of nitrogens with zero attached hydrogens (tertiary/aromatic N) is 3. The number of Topliss-reactive ketones (excluding diaryl/α,β-unsaturated/α-hetero) is 1. The van der Waals surface area contributed by atoms with Crippen LogP contribution in [0.2, 0.25) is 0 Å². The van der Waals surface area contributed by atoms with Crippen molar-refractivity contribution in [2.45, 2.75) is 26.7 Å². The van der Waals surface area contributed by atoms with Crippen LogP contribution < -0.4 is 4.90 Å². The summed E-state index contributed by atoms with van der Waals surface area (Å²) in [5.41, 5.74) is 2.87. The molecule has 0 amide bonds. The highest BCUT2D eigenvalue weighted by Crippen LogP contribution is 2.44. The topological polar surface area (TPSA) is 47.4 Å². The SMILES string of the molecule is Cn1cnc(C#Cc2c(N3CCOCC3)sc3c2CC(C)(C)CC3=O)c1. The fourth-order valence-corrected chi connectivity index (χ4v) is 4.89. The lowest BCUT2D eigenvalue weighted by Crippen LogP contribution is -2.36. The summed E-state index contributed by atoms with van der Waals surface area (Å²) in [5.74, 6) is 6.80. The van der Waals surface area contributed by atoms with Gasteiger partial charge in [-0.2, -0.15) is 0 Å². The molecule has 6 heteroatoms. The lowest BCUT2D eigenvalue weighted by molar-refractivity contribution is 0.0917. The molecule has 0 N–H and O–H groups in total. The first-order valence-electron chi connectivity index (χ1n) is 8.94. The number of rotatable bonds is 1. The summed E-state index contributed by atoms with van der Waals surface area (Å²) in [5, 5.41) is 1.12. The minimum Gasteiger partial charge on any atom is -0.378 e. The standard InChI is InChI=1S/C20H23N3O2S/c1-20(2)10-16-15(5-4-14-12-22(3)13-21-14)19(23-6-8-25-9-7-23)26-18(16)17(24)11-20/h12-13H,6-11H2,1-3H3. The van der Waals surface area contributed by atoms with Gasteiger partial charge < -0.3 is 14.2 Å². The number of hydrogen-bond acceptors (Lipinski definition) is 5. The highest BCUT2D eigenvalue weighted by molar-refractivity contribution is 7.18. The average molecular weight is 369 g/mol. The van der Waals surface area contributed by atoms with Gasteiger partial charge in [0, 0.05) is 32.8 Å². The summed E-state index contributed by atoms with van der Waals surface area (Å²) in [7, 11) is 1.94. The van der Waals surface area contributed by atoms with Crippen LogP contribution in [0.25, 0.3) is 0 Å². The van der Waals surface area contributed by atoms with E-state index < -0.39 is 0 Å². The zero-order chi connectivity index (χ0) is 18.3. The van der Waals surface area contributed by atoms with Gasteiger partial charge in [-0.05, 0) is 23.3 Å². The number of morpholine rings is 1. The van der Waals surface area contributed by atoms with E-state index in [1.165, 1.54) is 0 Å². The van der Waals surface area contributed by atoms with Crippen molar-refractivity contribution in [2.75, 3.05) is 31.2 Å². The van der Waals surface area contributed by atoms with Gasteiger partial charge in [0.05, 0.1) is 30.0 Å². The average Bonchev–Trinajstić information content (AvgIpc) is 3.16. The van der Waals surface area contributed by atoms with Crippen LogP contribution in [0.4, 0.5) is 5.00 Å². The van der Waals surface area contributed by atoms with Gasteiger partial charge in [-0.15, -0.1) is 11.3 Å². The van der Waals surface area contributed by atoms with Crippen molar-refractivity contribution in [2.24, 2.45) is 12.5 Å². The van der Waals surface area contributed by atoms with Crippen LogP contribution in [-0.2, 0) is 18.2 Å². The van der Waals surface area contributed by atoms with Gasteiger partial charge in [0.15, 0.2) is 5.78 Å². The molecule has 0 saturated carbocycles. The molecule has 136 valence electrons. The molecule has 2 aromatic rings. The second-order valence-electron chi connectivity index (χ2n) is 7.80. The molecular weight excluding hydrogens is 346 g/mol. The third kappa shape index (κ3) is 3.29. The number of aromatic nitrogens is 2. The Morgan fingerprint density at radius 1 is 1.23 bits per heavy atom. The summed E-state index contributed by atoms with van der Waals surface area (Å²) in [4.78, 5) is 20.2. The first-order valence-corrected chi connectivity index (χ1v) is 9.76. The van der Waals surface area contributed by atoms with Crippen molar-refractivity contribution >= 4 is 22.1 Å². The molecule has 4 rings (SSSR count). The number of anilines is 1. The van der Waals surface area contributed by atoms with Gasteiger partial charge in [-0.3, -0.25) is 4.79 Å². The van der Waals surface area contributed by atoms with Gasteiger partial charge >= 0.3 is 0 Å². The van der Waals surface area contributed by atoms with E-state index in [0.29, 0.717) is 6.42 Å². The number of imidazole rings is 1. The van der Waals surface area contributed by atoms with Crippen LogP contribution in [-0.4, -0.2) is 41.6 Å². The van der Waals surface area contributed by atoms with Crippen LogP contribution in [0.1, 0.15) is 46.8 Å². The van der Waals surface area contributed by atoms with E-state index in [1.807, 2.05) is 17.8 Å². The Labute approximate surface area is 158 Å². The Morgan fingerprint density at radius 3 is 2.69 bits per heavy atom. The van der Waals surface area contributed by atoms with Gasteiger partial charge in [0.25, 0.3) is 0 Å². The number of carbonyl (C=O) groups is 1. The Hall–Kier alpha value is -2.10.